The van der Waals surface area contributed by atoms with E-state index in [4.69, 9.17) is 16.7 Å². The first kappa shape index (κ1) is 18.2. The van der Waals surface area contributed by atoms with Crippen LogP contribution < -0.4 is 0 Å². The molecule has 1 heterocycles. The first-order valence-electron chi connectivity index (χ1n) is 8.08. The van der Waals surface area contributed by atoms with Crippen LogP contribution in [0.2, 0.25) is 5.02 Å². The zero-order valence-corrected chi connectivity index (χ0v) is 14.2. The van der Waals surface area contributed by atoms with E-state index in [1.807, 2.05) is 6.92 Å². The molecular formula is C17H25ClN2O3. The second-order valence-electron chi connectivity index (χ2n) is 6.04. The molecule has 1 fully saturated rings. The number of hydrogen-bond donors (Lipinski definition) is 2. The van der Waals surface area contributed by atoms with E-state index in [2.05, 4.69) is 4.90 Å². The largest absolute Gasteiger partial charge is 0.396 e. The lowest BCUT2D eigenvalue weighted by molar-refractivity contribution is 0.0778. The van der Waals surface area contributed by atoms with Crippen molar-refractivity contribution in [3.8, 4) is 0 Å². The number of nitrogens with zero attached hydrogens (tertiary/aromatic N) is 2. The third-order valence-corrected chi connectivity index (χ3v) is 4.76. The molecule has 5 nitrogen and oxygen atoms in total. The third-order valence-electron chi connectivity index (χ3n) is 4.53. The minimum Gasteiger partial charge on any atom is -0.396 e. The molecule has 0 bridgehead atoms. The average molecular weight is 341 g/mol. The van der Waals surface area contributed by atoms with Crippen molar-refractivity contribution >= 4 is 17.5 Å². The van der Waals surface area contributed by atoms with Crippen LogP contribution in [-0.4, -0.2) is 71.9 Å². The normalized spacial score (nSPS) is 21.2. The zero-order chi connectivity index (χ0) is 16.8. The van der Waals surface area contributed by atoms with Gasteiger partial charge in [0.2, 0.25) is 0 Å². The lowest BCUT2D eigenvalue weighted by Gasteiger charge is -2.25. The highest BCUT2D eigenvalue weighted by Crippen LogP contribution is 2.26. The molecule has 1 aromatic rings. The van der Waals surface area contributed by atoms with Crippen molar-refractivity contribution in [2.75, 3.05) is 45.9 Å². The number of halogens is 1. The van der Waals surface area contributed by atoms with Crippen LogP contribution >= 0.6 is 11.6 Å². The number of rotatable bonds is 7. The van der Waals surface area contributed by atoms with Crippen LogP contribution in [0.25, 0.3) is 0 Å². The number of aliphatic hydroxyl groups excluding tert-OH is 2. The Morgan fingerprint density at radius 3 is 2.70 bits per heavy atom. The van der Waals surface area contributed by atoms with Crippen molar-refractivity contribution in [3.05, 3.63) is 34.9 Å². The number of amides is 1. The molecule has 0 spiro atoms. The number of likely N-dealkylation sites (N-methyl/N-ethyl adjacent to an activating group) is 1. The highest BCUT2D eigenvalue weighted by Gasteiger charge is 2.35. The maximum absolute atomic E-state index is 12.6. The molecule has 1 aromatic carbocycles. The van der Waals surface area contributed by atoms with Crippen LogP contribution in [0.1, 0.15) is 17.3 Å². The van der Waals surface area contributed by atoms with E-state index in [-0.39, 0.29) is 31.0 Å². The van der Waals surface area contributed by atoms with Gasteiger partial charge in [-0.15, -0.1) is 0 Å². The molecule has 0 aliphatic carbocycles. The van der Waals surface area contributed by atoms with Crippen LogP contribution in [0, 0.1) is 11.8 Å². The minimum atomic E-state index is -0.0429. The highest BCUT2D eigenvalue weighted by molar-refractivity contribution is 6.30. The summed E-state index contributed by atoms with van der Waals surface area (Å²) in [6, 6.07) is 6.96. The first-order chi connectivity index (χ1) is 11.1. The summed E-state index contributed by atoms with van der Waals surface area (Å²) in [5, 5.41) is 19.3. The van der Waals surface area contributed by atoms with Gasteiger partial charge in [-0.2, -0.15) is 0 Å². The highest BCUT2D eigenvalue weighted by atomic mass is 35.5. The van der Waals surface area contributed by atoms with E-state index in [0.717, 1.165) is 13.1 Å². The number of hydrogen-bond acceptors (Lipinski definition) is 4. The van der Waals surface area contributed by atoms with Crippen molar-refractivity contribution in [1.82, 2.24) is 9.80 Å². The summed E-state index contributed by atoms with van der Waals surface area (Å²) in [6.07, 6.45) is 0. The van der Waals surface area contributed by atoms with E-state index in [0.29, 0.717) is 30.2 Å². The summed E-state index contributed by atoms with van der Waals surface area (Å²) in [7, 11) is 0. The Bertz CT molecular complexity index is 526. The first-order valence-corrected chi connectivity index (χ1v) is 8.45. The number of carbonyl (C=O) groups is 1. The smallest absolute Gasteiger partial charge is 0.253 e. The van der Waals surface area contributed by atoms with Crippen molar-refractivity contribution in [2.45, 2.75) is 6.92 Å². The zero-order valence-electron chi connectivity index (χ0n) is 13.5. The van der Waals surface area contributed by atoms with Crippen molar-refractivity contribution < 1.29 is 15.0 Å². The van der Waals surface area contributed by atoms with Crippen LogP contribution in [0.15, 0.2) is 24.3 Å². The van der Waals surface area contributed by atoms with Gasteiger partial charge in [-0.25, -0.2) is 0 Å². The van der Waals surface area contributed by atoms with Gasteiger partial charge in [0.1, 0.15) is 0 Å². The fourth-order valence-corrected chi connectivity index (χ4v) is 3.36. The Morgan fingerprint density at radius 2 is 2.09 bits per heavy atom. The number of carbonyl (C=O) groups excluding carboxylic acids is 1. The topological polar surface area (TPSA) is 64.0 Å². The molecule has 1 aliphatic heterocycles. The molecule has 2 rings (SSSR count). The van der Waals surface area contributed by atoms with Gasteiger partial charge in [-0.3, -0.25) is 4.79 Å². The third kappa shape index (κ3) is 4.67. The molecule has 2 atom stereocenters. The quantitative estimate of drug-likeness (QED) is 0.786. The Labute approximate surface area is 142 Å². The lowest BCUT2D eigenvalue weighted by atomic mass is 9.96. The summed E-state index contributed by atoms with van der Waals surface area (Å²) in [6.45, 7) is 5.66. The van der Waals surface area contributed by atoms with Crippen molar-refractivity contribution in [1.29, 1.82) is 0 Å². The summed E-state index contributed by atoms with van der Waals surface area (Å²) < 4.78 is 0. The van der Waals surface area contributed by atoms with E-state index < -0.39 is 0 Å². The molecule has 0 radical (unpaired) electrons. The van der Waals surface area contributed by atoms with E-state index in [1.54, 1.807) is 29.2 Å². The van der Waals surface area contributed by atoms with Gasteiger partial charge >= 0.3 is 0 Å². The number of likely N-dealkylation sites (tertiary alicyclic amines) is 1. The standard InChI is InChI=1S/C17H25ClN2O3/c1-2-19(6-7-21)9-14-10-20(11-15(14)12-22)17(23)13-4-3-5-16(18)8-13/h3-5,8,14-15,21-22H,2,6-7,9-12H2,1H3/t14-,15-/m1/s1. The molecule has 1 amide bonds. The average Bonchev–Trinajstić information content (AvgIpc) is 2.96. The fraction of sp³-hybridized carbons (Fsp3) is 0.588. The summed E-state index contributed by atoms with van der Waals surface area (Å²) in [5.41, 5.74) is 0.581. The molecule has 1 saturated heterocycles. The fourth-order valence-electron chi connectivity index (χ4n) is 3.17. The Balaban J connectivity index is 2.04. The van der Waals surface area contributed by atoms with Crippen molar-refractivity contribution in [2.24, 2.45) is 11.8 Å². The Hall–Kier alpha value is -1.14. The number of benzene rings is 1. The molecule has 2 N–H and O–H groups in total. The maximum Gasteiger partial charge on any atom is 0.253 e. The SMILES string of the molecule is CCN(CCO)C[C@@H]1CN(C(=O)c2cccc(Cl)c2)C[C@@H]1CO. The monoisotopic (exact) mass is 340 g/mol. The number of aliphatic hydroxyl groups is 2. The Morgan fingerprint density at radius 1 is 1.35 bits per heavy atom. The Kier molecular flexibility index (Phi) is 6.84. The minimum absolute atomic E-state index is 0.0429. The van der Waals surface area contributed by atoms with Crippen molar-refractivity contribution in [3.63, 3.8) is 0 Å². The van der Waals surface area contributed by atoms with Crippen LogP contribution in [-0.2, 0) is 0 Å². The summed E-state index contributed by atoms with van der Waals surface area (Å²) >= 11 is 5.96. The molecule has 0 saturated carbocycles. The molecule has 1 aliphatic rings. The van der Waals surface area contributed by atoms with Gasteiger partial charge in [-0.1, -0.05) is 24.6 Å². The molecule has 0 unspecified atom stereocenters. The molecule has 128 valence electrons. The van der Waals surface area contributed by atoms with Gasteiger partial charge in [0.15, 0.2) is 0 Å². The predicted octanol–water partition coefficient (Wildman–Crippen LogP) is 1.33. The van der Waals surface area contributed by atoms with Gasteiger partial charge in [0.05, 0.1) is 6.61 Å². The van der Waals surface area contributed by atoms with Crippen LogP contribution in [0.3, 0.4) is 0 Å². The predicted molar refractivity (Wildman–Crippen MR) is 90.6 cm³/mol. The second kappa shape index (κ2) is 8.64. The maximum atomic E-state index is 12.6. The van der Waals surface area contributed by atoms with Gasteiger partial charge in [0, 0.05) is 49.3 Å². The van der Waals surface area contributed by atoms with Crippen LogP contribution in [0.5, 0.6) is 0 Å². The molecule has 0 aromatic heterocycles. The molecular weight excluding hydrogens is 316 g/mol. The van der Waals surface area contributed by atoms with E-state index in [9.17, 15) is 9.90 Å². The van der Waals surface area contributed by atoms with Gasteiger partial charge in [-0.05, 0) is 30.7 Å². The summed E-state index contributed by atoms with van der Waals surface area (Å²) in [4.78, 5) is 16.6. The van der Waals surface area contributed by atoms with E-state index in [1.165, 1.54) is 0 Å². The van der Waals surface area contributed by atoms with E-state index >= 15 is 0 Å². The molecule has 23 heavy (non-hydrogen) atoms. The summed E-state index contributed by atoms with van der Waals surface area (Å²) in [5.74, 6) is 0.249. The second-order valence-corrected chi connectivity index (χ2v) is 6.48. The molecule has 6 heteroatoms. The van der Waals surface area contributed by atoms with Gasteiger partial charge < -0.3 is 20.0 Å². The lowest BCUT2D eigenvalue weighted by Crippen LogP contribution is -2.36. The van der Waals surface area contributed by atoms with Gasteiger partial charge in [0.25, 0.3) is 5.91 Å². The van der Waals surface area contributed by atoms with Crippen LogP contribution in [0.4, 0.5) is 0 Å².